The van der Waals surface area contributed by atoms with Gasteiger partial charge in [0.2, 0.25) is 0 Å². The molecule has 0 heterocycles. The monoisotopic (exact) mass is 464 g/mol. The third kappa shape index (κ3) is 21.3. The van der Waals surface area contributed by atoms with Gasteiger partial charge in [0.25, 0.3) is 0 Å². The first-order chi connectivity index (χ1) is 16.8. The lowest BCUT2D eigenvalue weighted by molar-refractivity contribution is 1.09. The molecule has 34 heavy (non-hydrogen) atoms. The van der Waals surface area contributed by atoms with Gasteiger partial charge in [-0.1, -0.05) is 193 Å². The van der Waals surface area contributed by atoms with Gasteiger partial charge >= 0.3 is 0 Å². The maximum Gasteiger partial charge on any atom is -0.0184 e. The van der Waals surface area contributed by atoms with Crippen molar-refractivity contribution in [3.05, 3.63) is 97.1 Å². The molecule has 0 atom stereocenters. The van der Waals surface area contributed by atoms with Crippen LogP contribution in [0.25, 0.3) is 21.5 Å². The van der Waals surface area contributed by atoms with Crippen LogP contribution in [0.3, 0.4) is 0 Å². The van der Waals surface area contributed by atoms with Crippen LogP contribution in [-0.4, -0.2) is 0 Å². The van der Waals surface area contributed by atoms with Crippen LogP contribution in [0.15, 0.2) is 97.1 Å². The van der Waals surface area contributed by atoms with Gasteiger partial charge in [0.05, 0.1) is 0 Å². The van der Waals surface area contributed by atoms with Gasteiger partial charge in [0.1, 0.15) is 0 Å². The number of hydrogen-bond donors (Lipinski definition) is 0. The summed E-state index contributed by atoms with van der Waals surface area (Å²) in [6, 6.07) is 33.4. The second-order valence-corrected chi connectivity index (χ2v) is 6.11. The minimum Gasteiger partial charge on any atom is -0.0683 e. The third-order valence-electron chi connectivity index (χ3n) is 3.32. The molecule has 192 valence electrons. The Balaban J connectivity index is -0.000000176. The third-order valence-corrected chi connectivity index (χ3v) is 3.32. The number of rotatable bonds is 0. The molecule has 0 aliphatic rings. The zero-order valence-corrected chi connectivity index (χ0v) is 24.7. The molecule has 0 bridgehead atoms. The van der Waals surface area contributed by atoms with Crippen LogP contribution in [0.2, 0.25) is 0 Å². The van der Waals surface area contributed by atoms with Gasteiger partial charge in [0, 0.05) is 0 Å². The van der Waals surface area contributed by atoms with E-state index in [1.54, 1.807) is 0 Å². The molecule has 0 aliphatic heterocycles. The summed E-state index contributed by atoms with van der Waals surface area (Å²) in [5.41, 5.74) is 0. The van der Waals surface area contributed by atoms with Gasteiger partial charge in [-0.2, -0.15) is 0 Å². The summed E-state index contributed by atoms with van der Waals surface area (Å²) in [7, 11) is 0. The van der Waals surface area contributed by atoms with Crippen molar-refractivity contribution in [2.45, 2.75) is 95.9 Å². The predicted octanol–water partition coefficient (Wildman–Crippen LogP) is 12.6. The average molecular weight is 465 g/mol. The molecule has 0 saturated heterocycles. The molecule has 0 saturated carbocycles. The average Bonchev–Trinajstić information content (AvgIpc) is 2.95. The van der Waals surface area contributed by atoms with Crippen LogP contribution in [-0.2, 0) is 0 Å². The normalized spacial score (nSPS) is 7.65. The Labute approximate surface area is 214 Å². The highest BCUT2D eigenvalue weighted by Gasteiger charge is 1.86. The molecule has 0 N–H and O–H groups in total. The molecule has 0 nitrogen and oxygen atoms in total. The highest BCUT2D eigenvalue weighted by molar-refractivity contribution is 5.82. The summed E-state index contributed by atoms with van der Waals surface area (Å²) in [5, 5.41) is 5.24. The fourth-order valence-corrected chi connectivity index (χ4v) is 2.27. The number of benzene rings is 4. The van der Waals surface area contributed by atoms with Crippen LogP contribution >= 0.6 is 0 Å². The highest BCUT2D eigenvalue weighted by Crippen LogP contribution is 2.12. The molecule has 0 radical (unpaired) electrons. The molecular formula is C34H56. The smallest absolute Gasteiger partial charge is 0.0184 e. The minimum atomic E-state index is 1.25. The molecule has 0 heteroatoms. The summed E-state index contributed by atoms with van der Waals surface area (Å²) in [5.74, 6) is 0. The van der Waals surface area contributed by atoms with Crippen molar-refractivity contribution >= 4 is 21.5 Å². The van der Waals surface area contributed by atoms with E-state index >= 15 is 0 Å². The van der Waals surface area contributed by atoms with Crippen molar-refractivity contribution in [2.24, 2.45) is 0 Å². The Morgan fingerprint density at radius 1 is 0.294 bits per heavy atom. The molecule has 0 aromatic heterocycles. The van der Waals surface area contributed by atoms with Crippen LogP contribution in [0, 0.1) is 0 Å². The van der Waals surface area contributed by atoms with Crippen molar-refractivity contribution in [1.82, 2.24) is 0 Å². The molecule has 0 unspecified atom stereocenters. The van der Waals surface area contributed by atoms with Crippen LogP contribution < -0.4 is 0 Å². The lowest BCUT2D eigenvalue weighted by Crippen LogP contribution is -1.67. The van der Waals surface area contributed by atoms with Crippen molar-refractivity contribution in [1.29, 1.82) is 0 Å². The maximum absolute atomic E-state index is 2.12. The molecule has 0 amide bonds. The fourth-order valence-electron chi connectivity index (χ4n) is 2.27. The molecule has 0 aliphatic carbocycles. The maximum atomic E-state index is 2.12. The molecule has 4 rings (SSSR count). The van der Waals surface area contributed by atoms with Crippen molar-refractivity contribution in [2.75, 3.05) is 0 Å². The fraction of sp³-hybridized carbons (Fsp3) is 0.412. The lowest BCUT2D eigenvalue weighted by Gasteiger charge is -1.92. The first-order valence-electron chi connectivity index (χ1n) is 13.6. The van der Waals surface area contributed by atoms with E-state index in [-0.39, 0.29) is 0 Å². The van der Waals surface area contributed by atoms with Gasteiger partial charge < -0.3 is 0 Å². The Hall–Kier alpha value is -2.60. The van der Waals surface area contributed by atoms with Gasteiger partial charge in [-0.15, -0.1) is 0 Å². The summed E-state index contributed by atoms with van der Waals surface area (Å²) < 4.78 is 0. The SMILES string of the molecule is CC.CC.CC.CC.CCC.CCC.c1ccc2ccccc2c1.c1ccc2ccccc2c1. The van der Waals surface area contributed by atoms with E-state index < -0.39 is 0 Å². The Morgan fingerprint density at radius 3 is 0.471 bits per heavy atom. The van der Waals surface area contributed by atoms with Gasteiger partial charge in [-0.05, 0) is 21.5 Å². The first-order valence-corrected chi connectivity index (χ1v) is 13.6. The summed E-state index contributed by atoms with van der Waals surface area (Å²) in [4.78, 5) is 0. The molecule has 4 aromatic carbocycles. The van der Waals surface area contributed by atoms with E-state index in [1.807, 2.05) is 55.4 Å². The van der Waals surface area contributed by atoms with E-state index in [1.165, 1.54) is 34.4 Å². The zero-order chi connectivity index (χ0) is 27.0. The number of fused-ring (bicyclic) bond motifs is 2. The molecule has 4 aromatic rings. The summed E-state index contributed by atoms with van der Waals surface area (Å²) in [6.07, 6.45) is 2.50. The van der Waals surface area contributed by atoms with Gasteiger partial charge in [-0.3, -0.25) is 0 Å². The number of hydrogen-bond acceptors (Lipinski definition) is 0. The summed E-state index contributed by atoms with van der Waals surface area (Å²) in [6.45, 7) is 24.5. The molecule has 0 spiro atoms. The van der Waals surface area contributed by atoms with Gasteiger partial charge in [-0.25, -0.2) is 0 Å². The predicted molar refractivity (Wildman–Crippen MR) is 165 cm³/mol. The lowest BCUT2D eigenvalue weighted by atomic mass is 10.1. The van der Waals surface area contributed by atoms with E-state index in [0.29, 0.717) is 0 Å². The Bertz CT molecular complexity index is 642. The van der Waals surface area contributed by atoms with Crippen molar-refractivity contribution in [3.8, 4) is 0 Å². The van der Waals surface area contributed by atoms with Crippen molar-refractivity contribution < 1.29 is 0 Å². The van der Waals surface area contributed by atoms with Crippen LogP contribution in [0.4, 0.5) is 0 Å². The van der Waals surface area contributed by atoms with Crippen molar-refractivity contribution in [3.63, 3.8) is 0 Å². The second-order valence-electron chi connectivity index (χ2n) is 6.11. The van der Waals surface area contributed by atoms with E-state index in [4.69, 9.17) is 0 Å². The standard InChI is InChI=1S/2C10H8.2C3H8.4C2H6/c2*1-2-6-10-8-4-3-7-9(10)5-1;2*1-3-2;4*1-2/h2*1-8H;2*3H2,1-2H3;4*1-2H3. The quantitative estimate of drug-likeness (QED) is 0.243. The van der Waals surface area contributed by atoms with E-state index in [2.05, 4.69) is 125 Å². The van der Waals surface area contributed by atoms with Crippen LogP contribution in [0.5, 0.6) is 0 Å². The first kappa shape index (κ1) is 38.7. The second kappa shape index (κ2) is 35.0. The van der Waals surface area contributed by atoms with E-state index in [9.17, 15) is 0 Å². The topological polar surface area (TPSA) is 0 Å². The minimum absolute atomic E-state index is 1.25. The Kier molecular flexibility index (Phi) is 39.8. The largest absolute Gasteiger partial charge is 0.0683 e. The van der Waals surface area contributed by atoms with E-state index in [0.717, 1.165) is 0 Å². The van der Waals surface area contributed by atoms with Crippen LogP contribution in [0.1, 0.15) is 95.9 Å². The molecular weight excluding hydrogens is 408 g/mol. The summed E-state index contributed by atoms with van der Waals surface area (Å²) >= 11 is 0. The Morgan fingerprint density at radius 2 is 0.382 bits per heavy atom. The highest BCUT2D eigenvalue weighted by atomic mass is 13.9. The van der Waals surface area contributed by atoms with Gasteiger partial charge in [0.15, 0.2) is 0 Å². The molecule has 0 fully saturated rings. The zero-order valence-electron chi connectivity index (χ0n) is 24.7.